The number of pyridine rings is 1. The molecule has 2 aromatic rings. The van der Waals surface area contributed by atoms with Gasteiger partial charge in [-0.2, -0.15) is 0 Å². The van der Waals surface area contributed by atoms with E-state index in [2.05, 4.69) is 4.98 Å². The Balaban J connectivity index is 0.000000845. The van der Waals surface area contributed by atoms with Crippen molar-refractivity contribution in [1.82, 2.24) is 4.98 Å². The van der Waals surface area contributed by atoms with Crippen LogP contribution in [0.25, 0.3) is 10.9 Å². The van der Waals surface area contributed by atoms with E-state index in [4.69, 9.17) is 0 Å². The van der Waals surface area contributed by atoms with Gasteiger partial charge in [0.25, 0.3) is 0 Å². The Morgan fingerprint density at radius 3 is 2.69 bits per heavy atom. The van der Waals surface area contributed by atoms with Crippen LogP contribution in [0.4, 0.5) is 0 Å². The van der Waals surface area contributed by atoms with Crippen LogP contribution in [-0.4, -0.2) is 29.0 Å². The molecule has 1 heterocycles. The van der Waals surface area contributed by atoms with Crippen LogP contribution in [0.3, 0.4) is 0 Å². The summed E-state index contributed by atoms with van der Waals surface area (Å²) in [4.78, 5) is 4.23. The summed E-state index contributed by atoms with van der Waals surface area (Å²) in [5.74, 6) is 0.246. The predicted octanol–water partition coefficient (Wildman–Crippen LogP) is 1.87. The van der Waals surface area contributed by atoms with Crippen molar-refractivity contribution in [2.24, 2.45) is 0 Å². The van der Waals surface area contributed by atoms with Gasteiger partial charge in [0, 0.05) is 29.9 Å². The van der Waals surface area contributed by atoms with Gasteiger partial charge < -0.3 is 5.11 Å². The normalized spacial score (nSPS) is 9.62. The fourth-order valence-electron chi connectivity index (χ4n) is 1.23. The molecule has 61 valence electrons. The standard InChI is InChI=1S/C10H9NO.Li/c1-7-5-6-8-3-2-4-9(12)10(8)11-7;/h2-6,12H,1H3;. The number of aromatic nitrogens is 1. The van der Waals surface area contributed by atoms with E-state index in [-0.39, 0.29) is 24.6 Å². The number of fused-ring (bicyclic) bond motifs is 1. The molecule has 13 heavy (non-hydrogen) atoms. The zero-order chi connectivity index (χ0) is 8.55. The van der Waals surface area contributed by atoms with Crippen LogP contribution in [0.1, 0.15) is 5.69 Å². The minimum absolute atomic E-state index is 0. The van der Waals surface area contributed by atoms with Gasteiger partial charge in [0.05, 0.1) is 0 Å². The van der Waals surface area contributed by atoms with Gasteiger partial charge >= 0.3 is 0 Å². The summed E-state index contributed by atoms with van der Waals surface area (Å²) in [6.45, 7) is 1.91. The van der Waals surface area contributed by atoms with Gasteiger partial charge in [-0.15, -0.1) is 0 Å². The quantitative estimate of drug-likeness (QED) is 0.606. The molecule has 0 fully saturated rings. The van der Waals surface area contributed by atoms with Crippen LogP contribution in [0, 0.1) is 6.92 Å². The van der Waals surface area contributed by atoms with Crippen molar-refractivity contribution in [2.45, 2.75) is 6.92 Å². The number of rotatable bonds is 0. The topological polar surface area (TPSA) is 33.1 Å². The monoisotopic (exact) mass is 166 g/mol. The Bertz CT molecular complexity index is 428. The molecule has 0 amide bonds. The molecular formula is C10H9LiNO. The van der Waals surface area contributed by atoms with E-state index in [0.717, 1.165) is 11.1 Å². The first-order valence-corrected chi connectivity index (χ1v) is 3.83. The summed E-state index contributed by atoms with van der Waals surface area (Å²) >= 11 is 0. The molecule has 0 aliphatic carbocycles. The maximum Gasteiger partial charge on any atom is 0.141 e. The van der Waals surface area contributed by atoms with Crippen molar-refractivity contribution in [3.05, 3.63) is 36.0 Å². The number of hydrogen-bond acceptors (Lipinski definition) is 2. The summed E-state index contributed by atoms with van der Waals surface area (Å²) in [6, 6.07) is 9.28. The molecule has 0 spiro atoms. The molecule has 0 saturated carbocycles. The average Bonchev–Trinajstić information content (AvgIpc) is 2.07. The van der Waals surface area contributed by atoms with Crippen LogP contribution in [0.2, 0.25) is 0 Å². The van der Waals surface area contributed by atoms with Crippen molar-refractivity contribution in [1.29, 1.82) is 0 Å². The predicted molar refractivity (Wildman–Crippen MR) is 53.9 cm³/mol. The van der Waals surface area contributed by atoms with Gasteiger partial charge in [0.1, 0.15) is 11.3 Å². The molecule has 1 aromatic carbocycles. The first-order chi connectivity index (χ1) is 5.77. The third-order valence-corrected chi connectivity index (χ3v) is 1.84. The van der Waals surface area contributed by atoms with Crippen molar-refractivity contribution < 1.29 is 5.11 Å². The molecule has 1 aromatic heterocycles. The van der Waals surface area contributed by atoms with E-state index >= 15 is 0 Å². The molecule has 0 bridgehead atoms. The van der Waals surface area contributed by atoms with E-state index in [9.17, 15) is 5.11 Å². The van der Waals surface area contributed by atoms with Gasteiger partial charge in [0.2, 0.25) is 0 Å². The minimum atomic E-state index is 0. The van der Waals surface area contributed by atoms with Gasteiger partial charge in [0.15, 0.2) is 0 Å². The van der Waals surface area contributed by atoms with Crippen molar-refractivity contribution >= 4 is 29.8 Å². The minimum Gasteiger partial charge on any atom is -0.506 e. The molecule has 1 radical (unpaired) electrons. The van der Waals surface area contributed by atoms with Crippen LogP contribution in [0.5, 0.6) is 5.75 Å². The van der Waals surface area contributed by atoms with E-state index in [0.29, 0.717) is 5.52 Å². The Kier molecular flexibility index (Phi) is 2.97. The van der Waals surface area contributed by atoms with Crippen molar-refractivity contribution in [3.8, 4) is 5.75 Å². The maximum atomic E-state index is 9.43. The average molecular weight is 166 g/mol. The SMILES string of the molecule is Cc1ccc2cccc(O)c2n1.[Li]. The van der Waals surface area contributed by atoms with Crippen molar-refractivity contribution in [2.75, 3.05) is 0 Å². The molecule has 0 aliphatic rings. The number of benzene rings is 1. The van der Waals surface area contributed by atoms with Gasteiger partial charge in [-0.05, 0) is 19.1 Å². The van der Waals surface area contributed by atoms with E-state index in [1.165, 1.54) is 0 Å². The second kappa shape index (κ2) is 3.82. The summed E-state index contributed by atoms with van der Waals surface area (Å²) in [5, 5.41) is 10.4. The number of para-hydroxylation sites is 1. The van der Waals surface area contributed by atoms with Gasteiger partial charge in [-0.3, -0.25) is 0 Å². The number of aryl methyl sites for hydroxylation is 1. The fraction of sp³-hybridized carbons (Fsp3) is 0.100. The number of phenols is 1. The van der Waals surface area contributed by atoms with Crippen LogP contribution < -0.4 is 0 Å². The number of phenolic OH excluding ortho intramolecular Hbond substituents is 1. The Morgan fingerprint density at radius 1 is 1.15 bits per heavy atom. The zero-order valence-electron chi connectivity index (χ0n) is 7.78. The molecule has 3 heteroatoms. The zero-order valence-corrected chi connectivity index (χ0v) is 7.78. The Morgan fingerprint density at radius 2 is 1.92 bits per heavy atom. The number of nitrogens with zero attached hydrogens (tertiary/aromatic N) is 1. The third kappa shape index (κ3) is 1.85. The second-order valence-electron chi connectivity index (χ2n) is 2.80. The second-order valence-corrected chi connectivity index (χ2v) is 2.80. The van der Waals surface area contributed by atoms with Crippen LogP contribution in [-0.2, 0) is 0 Å². The van der Waals surface area contributed by atoms with E-state index in [1.807, 2.05) is 31.2 Å². The van der Waals surface area contributed by atoms with Gasteiger partial charge in [-0.25, -0.2) is 4.98 Å². The Labute approximate surface area is 88.8 Å². The molecule has 0 aliphatic heterocycles. The first-order valence-electron chi connectivity index (χ1n) is 3.83. The number of aromatic hydroxyl groups is 1. The van der Waals surface area contributed by atoms with Crippen molar-refractivity contribution in [3.63, 3.8) is 0 Å². The molecule has 2 nitrogen and oxygen atoms in total. The molecular weight excluding hydrogens is 157 g/mol. The van der Waals surface area contributed by atoms with E-state index < -0.39 is 0 Å². The summed E-state index contributed by atoms with van der Waals surface area (Å²) in [7, 11) is 0. The largest absolute Gasteiger partial charge is 0.506 e. The fourth-order valence-corrected chi connectivity index (χ4v) is 1.23. The maximum absolute atomic E-state index is 9.43. The molecule has 0 atom stereocenters. The molecule has 2 rings (SSSR count). The first kappa shape index (κ1) is 10.1. The van der Waals surface area contributed by atoms with Gasteiger partial charge in [-0.1, -0.05) is 18.2 Å². The molecule has 1 N–H and O–H groups in total. The Hall–Kier alpha value is -0.973. The molecule has 0 unspecified atom stereocenters. The summed E-state index contributed by atoms with van der Waals surface area (Å²) in [5.41, 5.74) is 1.60. The smallest absolute Gasteiger partial charge is 0.141 e. The number of hydrogen-bond donors (Lipinski definition) is 1. The molecule has 0 saturated heterocycles. The van der Waals surface area contributed by atoms with E-state index in [1.54, 1.807) is 6.07 Å². The summed E-state index contributed by atoms with van der Waals surface area (Å²) in [6.07, 6.45) is 0. The van der Waals surface area contributed by atoms with Crippen LogP contribution in [0.15, 0.2) is 30.3 Å². The third-order valence-electron chi connectivity index (χ3n) is 1.84. The van der Waals surface area contributed by atoms with Crippen LogP contribution >= 0.6 is 0 Å². The summed E-state index contributed by atoms with van der Waals surface area (Å²) < 4.78 is 0.